The van der Waals surface area contributed by atoms with Gasteiger partial charge in [0.15, 0.2) is 11.5 Å². The maximum absolute atomic E-state index is 6.09. The van der Waals surface area contributed by atoms with Crippen LogP contribution >= 0.6 is 0 Å². The molecule has 33 heavy (non-hydrogen) atoms. The first-order chi connectivity index (χ1) is 16.1. The zero-order chi connectivity index (χ0) is 22.8. The molecule has 0 spiro atoms. The predicted molar refractivity (Wildman–Crippen MR) is 126 cm³/mol. The van der Waals surface area contributed by atoms with E-state index in [2.05, 4.69) is 58.4 Å². The Morgan fingerprint density at radius 3 is 2.58 bits per heavy atom. The fourth-order valence-corrected chi connectivity index (χ4v) is 3.72. The number of benzene rings is 2. The van der Waals surface area contributed by atoms with E-state index in [1.807, 2.05) is 36.4 Å². The number of fused-ring (bicyclic) bond motifs is 2. The first kappa shape index (κ1) is 20.8. The molecule has 0 bridgehead atoms. The van der Waals surface area contributed by atoms with Gasteiger partial charge in [-0.25, -0.2) is 0 Å². The normalized spacial score (nSPS) is 11.4. The van der Waals surface area contributed by atoms with E-state index in [1.165, 1.54) is 5.56 Å². The molecule has 0 aliphatic carbocycles. The molecule has 166 valence electrons. The van der Waals surface area contributed by atoms with Gasteiger partial charge in [0.05, 0.1) is 18.3 Å². The van der Waals surface area contributed by atoms with E-state index in [-0.39, 0.29) is 6.61 Å². The van der Waals surface area contributed by atoms with E-state index in [4.69, 9.17) is 14.6 Å². The highest BCUT2D eigenvalue weighted by molar-refractivity contribution is 5.85. The highest BCUT2D eigenvalue weighted by Gasteiger charge is 2.11. The molecule has 0 radical (unpaired) electrons. The number of ether oxygens (including phenoxy) is 2. The van der Waals surface area contributed by atoms with Crippen molar-refractivity contribution in [2.45, 2.75) is 13.2 Å². The quantitative estimate of drug-likeness (QED) is 0.379. The van der Waals surface area contributed by atoms with Gasteiger partial charge in [-0.1, -0.05) is 24.3 Å². The predicted octanol–water partition coefficient (Wildman–Crippen LogP) is 3.99. The lowest BCUT2D eigenvalue weighted by Gasteiger charge is -2.10. The molecule has 0 saturated heterocycles. The van der Waals surface area contributed by atoms with Crippen LogP contribution in [0, 0.1) is 0 Å². The van der Waals surface area contributed by atoms with E-state index < -0.39 is 0 Å². The summed E-state index contributed by atoms with van der Waals surface area (Å²) < 4.78 is 13.1. The lowest BCUT2D eigenvalue weighted by Crippen LogP contribution is -2.10. The van der Waals surface area contributed by atoms with E-state index in [9.17, 15) is 0 Å². The second kappa shape index (κ2) is 8.84. The minimum atomic E-state index is 0.227. The van der Waals surface area contributed by atoms with Gasteiger partial charge < -0.3 is 14.4 Å². The molecule has 8 nitrogen and oxygen atoms in total. The first-order valence-corrected chi connectivity index (χ1v) is 10.6. The third kappa shape index (κ3) is 4.33. The third-order valence-electron chi connectivity index (χ3n) is 5.34. The van der Waals surface area contributed by atoms with Gasteiger partial charge in [-0.15, -0.1) is 10.2 Å². The van der Waals surface area contributed by atoms with E-state index in [1.54, 1.807) is 17.8 Å². The Morgan fingerprint density at radius 1 is 0.939 bits per heavy atom. The average Bonchev–Trinajstić information content (AvgIpc) is 3.24. The summed E-state index contributed by atoms with van der Waals surface area (Å²) in [7, 11) is 5.76. The second-order valence-corrected chi connectivity index (χ2v) is 8.02. The molecule has 8 heteroatoms. The van der Waals surface area contributed by atoms with E-state index in [0.717, 1.165) is 34.5 Å². The summed E-state index contributed by atoms with van der Waals surface area (Å²) in [6.45, 7) is 1.13. The molecular weight excluding hydrogens is 416 g/mol. The Morgan fingerprint density at radius 2 is 1.79 bits per heavy atom. The summed E-state index contributed by atoms with van der Waals surface area (Å²) in [5, 5.41) is 14.2. The molecule has 0 aliphatic heterocycles. The Hall–Kier alpha value is -4.04. The summed E-state index contributed by atoms with van der Waals surface area (Å²) in [5.41, 5.74) is 4.61. The number of hydrogen-bond acceptors (Lipinski definition) is 7. The van der Waals surface area contributed by atoms with Gasteiger partial charge in [-0.3, -0.25) is 4.98 Å². The first-order valence-electron chi connectivity index (χ1n) is 10.6. The van der Waals surface area contributed by atoms with Gasteiger partial charge in [0.1, 0.15) is 18.1 Å². The van der Waals surface area contributed by atoms with E-state index >= 15 is 0 Å². The smallest absolute Gasteiger partial charge is 0.192 e. The molecule has 3 aromatic heterocycles. The van der Waals surface area contributed by atoms with Crippen molar-refractivity contribution >= 4 is 16.6 Å². The number of rotatable bonds is 7. The van der Waals surface area contributed by atoms with Crippen molar-refractivity contribution < 1.29 is 9.47 Å². The molecular formula is C25H24N6O2. The van der Waals surface area contributed by atoms with E-state index in [0.29, 0.717) is 17.2 Å². The van der Waals surface area contributed by atoms with Crippen LogP contribution in [0.25, 0.3) is 27.8 Å². The minimum absolute atomic E-state index is 0.227. The molecule has 0 saturated carbocycles. The number of pyridine rings is 1. The van der Waals surface area contributed by atoms with Crippen LogP contribution in [0.1, 0.15) is 11.4 Å². The number of nitrogens with zero attached hydrogens (tertiary/aromatic N) is 6. The monoisotopic (exact) mass is 440 g/mol. The fourth-order valence-electron chi connectivity index (χ4n) is 3.72. The van der Waals surface area contributed by atoms with Crippen LogP contribution in [0.4, 0.5) is 0 Å². The second-order valence-electron chi connectivity index (χ2n) is 8.02. The Labute approximate surface area is 191 Å². The number of aromatic nitrogens is 5. The topological polar surface area (TPSA) is 77.7 Å². The van der Waals surface area contributed by atoms with Crippen molar-refractivity contribution in [3.8, 4) is 22.8 Å². The van der Waals surface area contributed by atoms with Gasteiger partial charge in [-0.05, 0) is 50.0 Å². The maximum Gasteiger partial charge on any atom is 0.192 e. The van der Waals surface area contributed by atoms with Gasteiger partial charge in [0.2, 0.25) is 0 Å². The van der Waals surface area contributed by atoms with Gasteiger partial charge in [0, 0.05) is 29.8 Å². The van der Waals surface area contributed by atoms with Gasteiger partial charge in [0.25, 0.3) is 0 Å². The summed E-state index contributed by atoms with van der Waals surface area (Å²) >= 11 is 0. The van der Waals surface area contributed by atoms with Crippen LogP contribution in [-0.2, 0) is 13.2 Å². The molecule has 2 aromatic carbocycles. The molecule has 0 N–H and O–H groups in total. The van der Waals surface area contributed by atoms with Crippen LogP contribution in [0.5, 0.6) is 11.5 Å². The molecule has 5 rings (SSSR count). The summed E-state index contributed by atoms with van der Waals surface area (Å²) in [6, 6.07) is 19.9. The lowest BCUT2D eigenvalue weighted by atomic mass is 10.1. The standard InChI is InChI=1S/C25H24N6O2/c1-30(2)15-17-4-6-18(7-5-17)21-10-11-24-27-28-25(31(24)29-21)16-33-23-12-13-26-22-14-19(32-3)8-9-20(22)23/h4-14H,15-16H2,1-3H3. The van der Waals surface area contributed by atoms with Crippen LogP contribution < -0.4 is 9.47 Å². The van der Waals surface area contributed by atoms with Crippen LogP contribution in [-0.4, -0.2) is 50.9 Å². The zero-order valence-electron chi connectivity index (χ0n) is 18.8. The highest BCUT2D eigenvalue weighted by atomic mass is 16.5. The largest absolute Gasteiger partial charge is 0.497 e. The Balaban J connectivity index is 1.40. The average molecular weight is 441 g/mol. The molecule has 0 aliphatic rings. The van der Waals surface area contributed by atoms with Crippen molar-refractivity contribution in [1.29, 1.82) is 0 Å². The fraction of sp³-hybridized carbons (Fsp3) is 0.200. The lowest BCUT2D eigenvalue weighted by molar-refractivity contribution is 0.296. The van der Waals surface area contributed by atoms with Crippen molar-refractivity contribution in [2.75, 3.05) is 21.2 Å². The summed E-state index contributed by atoms with van der Waals surface area (Å²) in [5.74, 6) is 2.09. The highest BCUT2D eigenvalue weighted by Crippen LogP contribution is 2.27. The minimum Gasteiger partial charge on any atom is -0.497 e. The summed E-state index contributed by atoms with van der Waals surface area (Å²) in [6.07, 6.45) is 1.72. The molecule has 0 fully saturated rings. The molecule has 0 unspecified atom stereocenters. The summed E-state index contributed by atoms with van der Waals surface area (Å²) in [4.78, 5) is 6.55. The van der Waals surface area contributed by atoms with Crippen LogP contribution in [0.2, 0.25) is 0 Å². The number of methoxy groups -OCH3 is 1. The SMILES string of the molecule is COc1ccc2c(OCc3nnc4ccc(-c5ccc(CN(C)C)cc5)nn34)ccnc2c1. The van der Waals surface area contributed by atoms with Crippen molar-refractivity contribution in [2.24, 2.45) is 0 Å². The molecule has 3 heterocycles. The van der Waals surface area contributed by atoms with Crippen molar-refractivity contribution in [1.82, 2.24) is 29.7 Å². The van der Waals surface area contributed by atoms with Crippen LogP contribution in [0.15, 0.2) is 66.9 Å². The van der Waals surface area contributed by atoms with Crippen molar-refractivity contribution in [3.05, 3.63) is 78.2 Å². The third-order valence-corrected chi connectivity index (χ3v) is 5.34. The number of hydrogen-bond donors (Lipinski definition) is 0. The molecule has 5 aromatic rings. The van der Waals surface area contributed by atoms with Gasteiger partial charge in [-0.2, -0.15) is 9.61 Å². The molecule has 0 atom stereocenters. The van der Waals surface area contributed by atoms with Crippen molar-refractivity contribution in [3.63, 3.8) is 0 Å². The van der Waals surface area contributed by atoms with Gasteiger partial charge >= 0.3 is 0 Å². The Bertz CT molecular complexity index is 1410. The van der Waals surface area contributed by atoms with Crippen LogP contribution in [0.3, 0.4) is 0 Å². The molecule has 0 amide bonds. The Kier molecular flexibility index (Phi) is 5.58. The zero-order valence-corrected chi connectivity index (χ0v) is 18.8. The maximum atomic E-state index is 6.09.